The molecule has 1 fully saturated rings. The highest BCUT2D eigenvalue weighted by atomic mass is 32.1. The molecule has 0 atom stereocenters. The van der Waals surface area contributed by atoms with Crippen molar-refractivity contribution in [3.8, 4) is 5.19 Å². The van der Waals surface area contributed by atoms with Crippen LogP contribution in [0, 0.1) is 0 Å². The van der Waals surface area contributed by atoms with Gasteiger partial charge in [-0.25, -0.2) is 4.98 Å². The molecule has 2 aliphatic rings. The summed E-state index contributed by atoms with van der Waals surface area (Å²) in [5.74, 6) is 0. The van der Waals surface area contributed by atoms with E-state index in [1.165, 1.54) is 15.8 Å². The van der Waals surface area contributed by atoms with E-state index in [1.54, 1.807) is 11.3 Å². The van der Waals surface area contributed by atoms with E-state index in [2.05, 4.69) is 39.6 Å². The van der Waals surface area contributed by atoms with Gasteiger partial charge in [0.15, 0.2) is 0 Å². The van der Waals surface area contributed by atoms with Crippen LogP contribution in [0.2, 0.25) is 0 Å². The normalized spacial score (nSPS) is 19.4. The maximum atomic E-state index is 6.06. The Morgan fingerprint density at radius 3 is 2.95 bits per heavy atom. The van der Waals surface area contributed by atoms with Crippen LogP contribution in [0.3, 0.4) is 0 Å². The highest BCUT2D eigenvalue weighted by Gasteiger charge is 2.17. The maximum absolute atomic E-state index is 6.06. The third-order valence-corrected chi connectivity index (χ3v) is 5.09. The third kappa shape index (κ3) is 2.91. The molecule has 2 aliphatic heterocycles. The number of thiazole rings is 1. The molecule has 0 radical (unpaired) electrons. The van der Waals surface area contributed by atoms with Crippen molar-refractivity contribution in [2.45, 2.75) is 25.4 Å². The highest BCUT2D eigenvalue weighted by molar-refractivity contribution is 7.20. The summed E-state index contributed by atoms with van der Waals surface area (Å²) in [6.45, 7) is 2.96. The Kier molecular flexibility index (Phi) is 3.91. The number of allylic oxidation sites excluding steroid dienone is 1. The van der Waals surface area contributed by atoms with Crippen LogP contribution in [0.15, 0.2) is 29.3 Å². The van der Waals surface area contributed by atoms with E-state index in [0.29, 0.717) is 6.10 Å². The second kappa shape index (κ2) is 6.18. The molecule has 0 saturated carbocycles. The quantitative estimate of drug-likeness (QED) is 0.946. The largest absolute Gasteiger partial charge is 0.467 e. The second-order valence-corrected chi connectivity index (χ2v) is 6.72. The molecular formula is C17H19N3OS. The van der Waals surface area contributed by atoms with Crippen LogP contribution in [0.4, 0.5) is 0 Å². The van der Waals surface area contributed by atoms with Crippen LogP contribution < -0.4 is 10.1 Å². The second-order valence-electron chi connectivity index (χ2n) is 5.73. The Morgan fingerprint density at radius 1 is 1.23 bits per heavy atom. The topological polar surface area (TPSA) is 46.5 Å². The first-order valence-electron chi connectivity index (χ1n) is 7.86. The smallest absolute Gasteiger partial charge is 0.274 e. The van der Waals surface area contributed by atoms with Crippen LogP contribution in [-0.4, -0.2) is 36.9 Å². The monoisotopic (exact) mass is 313 g/mol. The molecule has 0 amide bonds. The number of benzene rings is 1. The molecule has 0 spiro atoms. The van der Waals surface area contributed by atoms with Crippen LogP contribution in [0.1, 0.15) is 24.8 Å². The molecule has 5 heteroatoms. The molecular weight excluding hydrogens is 294 g/mol. The number of piperidine rings is 1. The lowest BCUT2D eigenvalue weighted by Gasteiger charge is -2.22. The van der Waals surface area contributed by atoms with Gasteiger partial charge >= 0.3 is 0 Å². The van der Waals surface area contributed by atoms with E-state index in [9.17, 15) is 0 Å². The molecule has 0 aliphatic carbocycles. The number of ether oxygens (including phenoxy) is 1. The van der Waals surface area contributed by atoms with E-state index >= 15 is 0 Å². The number of nitrogens with zero attached hydrogens (tertiary/aromatic N) is 2. The van der Waals surface area contributed by atoms with Crippen LogP contribution in [0.5, 0.6) is 5.19 Å². The molecule has 4 nitrogen and oxygen atoms in total. The minimum absolute atomic E-state index is 0.304. The van der Waals surface area contributed by atoms with Gasteiger partial charge in [-0.15, -0.1) is 0 Å². The molecule has 1 aromatic heterocycles. The van der Waals surface area contributed by atoms with Crippen molar-refractivity contribution in [2.24, 2.45) is 4.99 Å². The Morgan fingerprint density at radius 2 is 2.14 bits per heavy atom. The van der Waals surface area contributed by atoms with Gasteiger partial charge in [-0.3, -0.25) is 4.99 Å². The summed E-state index contributed by atoms with van der Waals surface area (Å²) < 4.78 is 7.26. The fraction of sp³-hybridized carbons (Fsp3) is 0.412. The van der Waals surface area contributed by atoms with Gasteiger partial charge in [0.05, 0.1) is 10.2 Å². The van der Waals surface area contributed by atoms with Crippen molar-refractivity contribution in [1.29, 1.82) is 0 Å². The van der Waals surface area contributed by atoms with E-state index in [0.717, 1.165) is 49.6 Å². The number of rotatable bonds is 3. The lowest BCUT2D eigenvalue weighted by molar-refractivity contribution is 0.162. The lowest BCUT2D eigenvalue weighted by atomic mass is 10.0. The SMILES string of the molecule is C1=NCCC(c2ccc3nc(OC4CCNCC4)sc3c2)=C1. The Bertz CT molecular complexity index is 729. The van der Waals surface area contributed by atoms with Gasteiger partial charge in [0.1, 0.15) is 6.10 Å². The minimum Gasteiger partial charge on any atom is -0.467 e. The molecule has 4 rings (SSSR count). The van der Waals surface area contributed by atoms with Crippen LogP contribution in [-0.2, 0) is 0 Å². The van der Waals surface area contributed by atoms with Crippen LogP contribution >= 0.6 is 11.3 Å². The number of nitrogens with one attached hydrogen (secondary N) is 1. The Balaban J connectivity index is 1.57. The van der Waals surface area contributed by atoms with Gasteiger partial charge in [0.25, 0.3) is 5.19 Å². The van der Waals surface area contributed by atoms with Gasteiger partial charge in [0, 0.05) is 12.8 Å². The van der Waals surface area contributed by atoms with E-state index < -0.39 is 0 Å². The van der Waals surface area contributed by atoms with Crippen molar-refractivity contribution in [3.05, 3.63) is 29.8 Å². The summed E-state index contributed by atoms with van der Waals surface area (Å²) in [6, 6.07) is 6.48. The van der Waals surface area contributed by atoms with Gasteiger partial charge in [-0.2, -0.15) is 0 Å². The van der Waals surface area contributed by atoms with E-state index in [1.807, 2.05) is 6.21 Å². The van der Waals surface area contributed by atoms with Crippen molar-refractivity contribution >= 4 is 33.3 Å². The van der Waals surface area contributed by atoms with E-state index in [4.69, 9.17) is 4.74 Å². The zero-order valence-electron chi connectivity index (χ0n) is 12.4. The molecule has 22 heavy (non-hydrogen) atoms. The van der Waals surface area contributed by atoms with Gasteiger partial charge < -0.3 is 10.1 Å². The standard InChI is InChI=1S/C17H19N3OS/c1-2-15-16(11-13(1)12-3-7-18-8-4-12)22-17(20-15)21-14-5-9-19-10-6-14/h1-3,7,11,14,19H,4-6,8-10H2. The number of fused-ring (bicyclic) bond motifs is 1. The predicted octanol–water partition coefficient (Wildman–Crippen LogP) is 3.29. The van der Waals surface area contributed by atoms with Crippen molar-refractivity contribution in [1.82, 2.24) is 10.3 Å². The maximum Gasteiger partial charge on any atom is 0.274 e. The average Bonchev–Trinajstić information content (AvgIpc) is 2.98. The summed E-state index contributed by atoms with van der Waals surface area (Å²) in [7, 11) is 0. The Labute approximate surface area is 133 Å². The molecule has 0 unspecified atom stereocenters. The number of aliphatic imine (C=N–C) groups is 1. The predicted molar refractivity (Wildman–Crippen MR) is 92.1 cm³/mol. The van der Waals surface area contributed by atoms with Crippen molar-refractivity contribution in [3.63, 3.8) is 0 Å². The van der Waals surface area contributed by atoms with E-state index in [-0.39, 0.29) is 0 Å². The summed E-state index contributed by atoms with van der Waals surface area (Å²) in [6.07, 6.45) is 7.46. The molecule has 114 valence electrons. The van der Waals surface area contributed by atoms with Crippen molar-refractivity contribution in [2.75, 3.05) is 19.6 Å². The first-order valence-corrected chi connectivity index (χ1v) is 8.67. The average molecular weight is 313 g/mol. The fourth-order valence-electron chi connectivity index (χ4n) is 2.94. The first-order chi connectivity index (χ1) is 10.9. The highest BCUT2D eigenvalue weighted by Crippen LogP contribution is 2.32. The van der Waals surface area contributed by atoms with Gasteiger partial charge in [0.2, 0.25) is 0 Å². The molecule has 0 bridgehead atoms. The Hall–Kier alpha value is -1.72. The van der Waals surface area contributed by atoms with Gasteiger partial charge in [-0.05, 0) is 61.7 Å². The fourth-order valence-corrected chi connectivity index (χ4v) is 3.86. The number of dihydropyridines is 1. The number of aromatic nitrogens is 1. The van der Waals surface area contributed by atoms with Gasteiger partial charge in [-0.1, -0.05) is 17.4 Å². The lowest BCUT2D eigenvalue weighted by Crippen LogP contribution is -2.34. The molecule has 2 aromatic rings. The summed E-state index contributed by atoms with van der Waals surface area (Å²) in [4.78, 5) is 8.87. The summed E-state index contributed by atoms with van der Waals surface area (Å²) >= 11 is 1.65. The first kappa shape index (κ1) is 13.9. The zero-order valence-corrected chi connectivity index (χ0v) is 13.2. The molecule has 1 aromatic carbocycles. The van der Waals surface area contributed by atoms with Crippen molar-refractivity contribution < 1.29 is 4.74 Å². The molecule has 1 N–H and O–H groups in total. The third-order valence-electron chi connectivity index (χ3n) is 4.18. The summed E-state index contributed by atoms with van der Waals surface area (Å²) in [5, 5.41) is 4.16. The molecule has 1 saturated heterocycles. The number of hydrogen-bond donors (Lipinski definition) is 1. The zero-order chi connectivity index (χ0) is 14.8. The van der Waals surface area contributed by atoms with Crippen LogP contribution in [0.25, 0.3) is 15.8 Å². The minimum atomic E-state index is 0.304. The summed E-state index contributed by atoms with van der Waals surface area (Å²) in [5.41, 5.74) is 3.66. The molecule has 3 heterocycles. The number of hydrogen-bond acceptors (Lipinski definition) is 5.